The summed E-state index contributed by atoms with van der Waals surface area (Å²) in [7, 11) is 0. The van der Waals surface area contributed by atoms with Crippen molar-refractivity contribution >= 4 is 23.2 Å². The highest BCUT2D eigenvalue weighted by Gasteiger charge is 2.41. The number of hydrogen-bond acceptors (Lipinski definition) is 3. The van der Waals surface area contributed by atoms with Gasteiger partial charge in [-0.15, -0.1) is 0 Å². The lowest BCUT2D eigenvalue weighted by Crippen LogP contribution is -2.36. The van der Waals surface area contributed by atoms with Crippen LogP contribution in [0.15, 0.2) is 18.2 Å². The quantitative estimate of drug-likeness (QED) is 0.890. The molecule has 2 rings (SSSR count). The van der Waals surface area contributed by atoms with Gasteiger partial charge in [0.05, 0.1) is 24.3 Å². The Kier molecular flexibility index (Phi) is 3.42. The minimum absolute atomic E-state index is 0.00953. The van der Waals surface area contributed by atoms with Crippen molar-refractivity contribution < 1.29 is 9.47 Å². The molecule has 1 aromatic carbocycles. The molecule has 0 spiro atoms. The Balaban J connectivity index is 2.41. The Labute approximate surface area is 104 Å². The molecular formula is C11H13Cl2NO2. The molecule has 16 heavy (non-hydrogen) atoms. The number of rotatable bonds is 2. The van der Waals surface area contributed by atoms with Gasteiger partial charge in [-0.25, -0.2) is 0 Å². The molecule has 5 heteroatoms. The van der Waals surface area contributed by atoms with Gasteiger partial charge in [0.1, 0.15) is 0 Å². The van der Waals surface area contributed by atoms with Crippen molar-refractivity contribution in [2.75, 3.05) is 13.2 Å². The fraction of sp³-hybridized carbons (Fsp3) is 0.455. The minimum atomic E-state index is -0.929. The van der Waals surface area contributed by atoms with Crippen LogP contribution in [0.25, 0.3) is 0 Å². The molecule has 0 aliphatic carbocycles. The summed E-state index contributed by atoms with van der Waals surface area (Å²) in [4.78, 5) is 0. The maximum absolute atomic E-state index is 6.13. The third kappa shape index (κ3) is 2.06. The van der Waals surface area contributed by atoms with E-state index in [-0.39, 0.29) is 12.6 Å². The Morgan fingerprint density at radius 1 is 1.50 bits per heavy atom. The molecule has 2 atom stereocenters. The Bertz CT molecular complexity index is 400. The van der Waals surface area contributed by atoms with Crippen molar-refractivity contribution in [1.29, 1.82) is 0 Å². The van der Waals surface area contributed by atoms with Crippen LogP contribution in [-0.2, 0) is 15.3 Å². The number of hydrogen-bond donors (Lipinski definition) is 1. The van der Waals surface area contributed by atoms with Gasteiger partial charge in [-0.1, -0.05) is 29.3 Å². The first-order valence-corrected chi connectivity index (χ1v) is 5.80. The van der Waals surface area contributed by atoms with Gasteiger partial charge in [0, 0.05) is 10.6 Å². The summed E-state index contributed by atoms with van der Waals surface area (Å²) in [5.41, 5.74) is 6.46. The molecule has 0 saturated carbocycles. The van der Waals surface area contributed by atoms with Crippen LogP contribution in [0.1, 0.15) is 12.5 Å². The zero-order valence-electron chi connectivity index (χ0n) is 8.87. The molecule has 1 heterocycles. The second-order valence-corrected chi connectivity index (χ2v) is 4.66. The summed E-state index contributed by atoms with van der Waals surface area (Å²) in [6.45, 7) is 2.66. The molecular weight excluding hydrogens is 249 g/mol. The van der Waals surface area contributed by atoms with E-state index in [4.69, 9.17) is 38.4 Å². The lowest BCUT2D eigenvalue weighted by Gasteiger charge is -2.27. The van der Waals surface area contributed by atoms with Crippen molar-refractivity contribution in [3.05, 3.63) is 33.8 Å². The summed E-state index contributed by atoms with van der Waals surface area (Å²) in [6, 6.07) is 5.19. The van der Waals surface area contributed by atoms with E-state index < -0.39 is 5.79 Å². The van der Waals surface area contributed by atoms with Gasteiger partial charge >= 0.3 is 0 Å². The number of nitrogens with two attached hydrogens (primary N) is 1. The van der Waals surface area contributed by atoms with E-state index in [0.717, 1.165) is 5.56 Å². The molecule has 2 unspecified atom stereocenters. The molecule has 2 N–H and O–H groups in total. The second kappa shape index (κ2) is 4.51. The van der Waals surface area contributed by atoms with E-state index in [2.05, 4.69) is 0 Å². The summed E-state index contributed by atoms with van der Waals surface area (Å²) in [6.07, 6.45) is 0.00953. The first-order chi connectivity index (χ1) is 7.57. The molecule has 88 valence electrons. The number of halogens is 2. The minimum Gasteiger partial charge on any atom is -0.342 e. The molecule has 0 radical (unpaired) electrons. The smallest absolute Gasteiger partial charge is 0.209 e. The van der Waals surface area contributed by atoms with Crippen molar-refractivity contribution in [2.24, 2.45) is 5.73 Å². The van der Waals surface area contributed by atoms with Crippen LogP contribution in [0.3, 0.4) is 0 Å². The largest absolute Gasteiger partial charge is 0.342 e. The molecule has 0 aromatic heterocycles. The van der Waals surface area contributed by atoms with Crippen LogP contribution in [0.4, 0.5) is 0 Å². The van der Waals surface area contributed by atoms with Crippen LogP contribution in [0.5, 0.6) is 0 Å². The predicted molar refractivity (Wildman–Crippen MR) is 63.7 cm³/mol. The average Bonchev–Trinajstić information content (AvgIpc) is 2.61. The van der Waals surface area contributed by atoms with E-state index in [1.807, 2.05) is 6.92 Å². The molecule has 1 aliphatic heterocycles. The van der Waals surface area contributed by atoms with Gasteiger partial charge in [-0.05, 0) is 19.1 Å². The van der Waals surface area contributed by atoms with Crippen LogP contribution in [-0.4, -0.2) is 19.3 Å². The fourth-order valence-electron chi connectivity index (χ4n) is 1.80. The van der Waals surface area contributed by atoms with Gasteiger partial charge in [-0.3, -0.25) is 0 Å². The summed E-state index contributed by atoms with van der Waals surface area (Å²) in [5.74, 6) is -0.929. The second-order valence-electron chi connectivity index (χ2n) is 3.82. The SMILES string of the molecule is CC1COC(CN)(c2ccc(Cl)cc2Cl)O1. The lowest BCUT2D eigenvalue weighted by atomic mass is 10.1. The molecule has 1 fully saturated rings. The summed E-state index contributed by atoms with van der Waals surface area (Å²) in [5, 5.41) is 1.08. The zero-order valence-corrected chi connectivity index (χ0v) is 10.4. The van der Waals surface area contributed by atoms with Crippen molar-refractivity contribution in [1.82, 2.24) is 0 Å². The fourth-order valence-corrected chi connectivity index (χ4v) is 2.35. The maximum Gasteiger partial charge on any atom is 0.209 e. The topological polar surface area (TPSA) is 44.5 Å². The van der Waals surface area contributed by atoms with Gasteiger partial charge in [-0.2, -0.15) is 0 Å². The van der Waals surface area contributed by atoms with Crippen LogP contribution < -0.4 is 5.73 Å². The van der Waals surface area contributed by atoms with Crippen molar-refractivity contribution in [3.63, 3.8) is 0 Å². The number of benzene rings is 1. The average molecular weight is 262 g/mol. The molecule has 1 saturated heterocycles. The van der Waals surface area contributed by atoms with E-state index >= 15 is 0 Å². The zero-order chi connectivity index (χ0) is 11.8. The summed E-state index contributed by atoms with van der Waals surface area (Å²) < 4.78 is 11.4. The first-order valence-electron chi connectivity index (χ1n) is 5.05. The number of ether oxygens (including phenoxy) is 2. The highest BCUT2D eigenvalue weighted by molar-refractivity contribution is 6.35. The highest BCUT2D eigenvalue weighted by atomic mass is 35.5. The highest BCUT2D eigenvalue weighted by Crippen LogP contribution is 2.38. The van der Waals surface area contributed by atoms with Gasteiger partial charge in [0.15, 0.2) is 0 Å². The van der Waals surface area contributed by atoms with Crippen LogP contribution in [0, 0.1) is 0 Å². The lowest BCUT2D eigenvalue weighted by molar-refractivity contribution is -0.166. The van der Waals surface area contributed by atoms with Crippen molar-refractivity contribution in [2.45, 2.75) is 18.8 Å². The maximum atomic E-state index is 6.13. The summed E-state index contributed by atoms with van der Waals surface area (Å²) >= 11 is 12.0. The molecule has 3 nitrogen and oxygen atoms in total. The van der Waals surface area contributed by atoms with Crippen LogP contribution in [0.2, 0.25) is 10.0 Å². The van der Waals surface area contributed by atoms with E-state index in [1.54, 1.807) is 18.2 Å². The van der Waals surface area contributed by atoms with E-state index in [1.165, 1.54) is 0 Å². The van der Waals surface area contributed by atoms with Gasteiger partial charge in [0.2, 0.25) is 5.79 Å². The third-order valence-corrected chi connectivity index (χ3v) is 3.10. The van der Waals surface area contributed by atoms with Crippen LogP contribution >= 0.6 is 23.2 Å². The molecule has 0 amide bonds. The third-order valence-electron chi connectivity index (χ3n) is 2.55. The van der Waals surface area contributed by atoms with Crippen molar-refractivity contribution in [3.8, 4) is 0 Å². The van der Waals surface area contributed by atoms with Gasteiger partial charge in [0.25, 0.3) is 0 Å². The van der Waals surface area contributed by atoms with Gasteiger partial charge < -0.3 is 15.2 Å². The Hall–Kier alpha value is -0.320. The normalized spacial score (nSPS) is 29.6. The monoisotopic (exact) mass is 261 g/mol. The van der Waals surface area contributed by atoms with E-state index in [9.17, 15) is 0 Å². The standard InChI is InChI=1S/C11H13Cl2NO2/c1-7-5-15-11(6-14,16-7)9-3-2-8(12)4-10(9)13/h2-4,7H,5-6,14H2,1H3. The molecule has 1 aromatic rings. The Morgan fingerprint density at radius 3 is 2.75 bits per heavy atom. The first kappa shape index (κ1) is 12.1. The molecule has 0 bridgehead atoms. The predicted octanol–water partition coefficient (Wildman–Crippen LogP) is 2.54. The Morgan fingerprint density at radius 2 is 2.25 bits per heavy atom. The molecule has 1 aliphatic rings. The van der Waals surface area contributed by atoms with E-state index in [0.29, 0.717) is 16.7 Å².